The Morgan fingerprint density at radius 1 is 0.491 bits per heavy atom. The Morgan fingerprint density at radius 2 is 1.18 bits per heavy atom. The van der Waals surface area contributed by atoms with E-state index in [0.29, 0.717) is 5.82 Å². The first kappa shape index (κ1) is 32.3. The zero-order chi connectivity index (χ0) is 36.9. The maximum Gasteiger partial charge on any atom is 0.160 e. The summed E-state index contributed by atoms with van der Waals surface area (Å²) in [4.78, 5) is 14.9. The number of aryl methyl sites for hydroxylation is 1. The van der Waals surface area contributed by atoms with Gasteiger partial charge in [-0.15, -0.1) is 0 Å². The summed E-state index contributed by atoms with van der Waals surface area (Å²) in [5.74, 6) is 1.51. The highest BCUT2D eigenvalue weighted by Gasteiger charge is 2.20. The second-order valence-electron chi connectivity index (χ2n) is 13.6. The minimum atomic E-state index is 0.649. The molecule has 4 aromatic heterocycles. The van der Waals surface area contributed by atoms with Crippen LogP contribution in [0.15, 0.2) is 179 Å². The third-order valence-corrected chi connectivity index (χ3v) is 10.3. The van der Waals surface area contributed by atoms with Crippen LogP contribution in [0.5, 0.6) is 0 Å². The molecular formula is C50H33N3O2. The second-order valence-corrected chi connectivity index (χ2v) is 13.6. The smallest absolute Gasteiger partial charge is 0.160 e. The number of aromatic nitrogens is 3. The quantitative estimate of drug-likeness (QED) is 0.165. The molecule has 0 unspecified atom stereocenters. The number of pyridine rings is 1. The second kappa shape index (κ2) is 13.2. The summed E-state index contributed by atoms with van der Waals surface area (Å²) in [6, 6.07) is 54.0. The van der Waals surface area contributed by atoms with Gasteiger partial charge in [0.25, 0.3) is 0 Å². The summed E-state index contributed by atoms with van der Waals surface area (Å²) in [5.41, 5.74) is 14.3. The van der Waals surface area contributed by atoms with Crippen LogP contribution >= 0.6 is 0 Å². The third kappa shape index (κ3) is 5.61. The largest absolute Gasteiger partial charge is 0.461 e. The molecule has 0 spiro atoms. The summed E-state index contributed by atoms with van der Waals surface area (Å²) < 4.78 is 12.8. The fourth-order valence-electron chi connectivity index (χ4n) is 7.68. The van der Waals surface area contributed by atoms with Gasteiger partial charge in [0, 0.05) is 55.7 Å². The predicted molar refractivity (Wildman–Crippen MR) is 224 cm³/mol. The lowest BCUT2D eigenvalue weighted by atomic mass is 9.94. The van der Waals surface area contributed by atoms with E-state index in [0.717, 1.165) is 106 Å². The van der Waals surface area contributed by atoms with Crippen molar-refractivity contribution >= 4 is 39.0 Å². The Balaban J connectivity index is 1.09. The van der Waals surface area contributed by atoms with E-state index in [1.807, 2.05) is 79.9 Å². The SMILES string of the molecule is C=Cc1c(C)oc2cc(-c3ccc(-c4ccc(-c5nc(-c6ccccc6)cc(-c6ccccc6-c6ccccn6)n5)cc4)c4c3oc3ccccc34)ccc12. The van der Waals surface area contributed by atoms with Crippen LogP contribution in [-0.2, 0) is 0 Å². The topological polar surface area (TPSA) is 65.0 Å². The lowest BCUT2D eigenvalue weighted by molar-refractivity contribution is 0.577. The standard InChI is InChI=1S/C50H33N3O2/c1-3-36-31(2)54-47-29-35(24-25-41(36)47)38-27-26-37(48-42-17-9-10-19-46(42)55-49(38)48)32-20-22-34(23-21-32)50-52-44(33-13-5-4-6-14-33)30-45(53-50)40-16-8-7-15-39(40)43-18-11-12-28-51-43/h3-30H,1H2,2H3. The molecule has 0 fully saturated rings. The van der Waals surface area contributed by atoms with E-state index in [9.17, 15) is 0 Å². The average molecular weight is 708 g/mol. The zero-order valence-electron chi connectivity index (χ0n) is 30.0. The highest BCUT2D eigenvalue weighted by Crippen LogP contribution is 2.43. The van der Waals surface area contributed by atoms with Gasteiger partial charge in [-0.05, 0) is 66.1 Å². The Labute approximate surface area is 317 Å². The Kier molecular flexibility index (Phi) is 7.77. The van der Waals surface area contributed by atoms with E-state index in [1.165, 1.54) is 0 Å². The molecule has 260 valence electrons. The first-order valence-corrected chi connectivity index (χ1v) is 18.3. The average Bonchev–Trinajstić information content (AvgIpc) is 3.80. The van der Waals surface area contributed by atoms with Crippen molar-refractivity contribution in [2.75, 3.05) is 0 Å². The molecule has 0 amide bonds. The van der Waals surface area contributed by atoms with Crippen LogP contribution in [0.1, 0.15) is 11.3 Å². The van der Waals surface area contributed by atoms with E-state index in [-0.39, 0.29) is 0 Å². The number of benzene rings is 6. The number of fused-ring (bicyclic) bond motifs is 4. The number of para-hydroxylation sites is 1. The van der Waals surface area contributed by atoms with Gasteiger partial charge < -0.3 is 8.83 Å². The first-order valence-electron chi connectivity index (χ1n) is 18.3. The van der Waals surface area contributed by atoms with E-state index >= 15 is 0 Å². The summed E-state index contributed by atoms with van der Waals surface area (Å²) >= 11 is 0. The van der Waals surface area contributed by atoms with Gasteiger partial charge in [0.2, 0.25) is 0 Å². The molecule has 10 rings (SSSR count). The van der Waals surface area contributed by atoms with Crippen molar-refractivity contribution in [3.05, 3.63) is 182 Å². The Morgan fingerprint density at radius 3 is 1.98 bits per heavy atom. The lowest BCUT2D eigenvalue weighted by Crippen LogP contribution is -1.97. The number of hydrogen-bond donors (Lipinski definition) is 0. The van der Waals surface area contributed by atoms with Crippen molar-refractivity contribution in [3.8, 4) is 67.4 Å². The first-order chi connectivity index (χ1) is 27.1. The van der Waals surface area contributed by atoms with Crippen molar-refractivity contribution < 1.29 is 8.83 Å². The van der Waals surface area contributed by atoms with Gasteiger partial charge in [-0.25, -0.2) is 9.97 Å². The maximum absolute atomic E-state index is 6.64. The normalized spacial score (nSPS) is 11.4. The fraction of sp³-hybridized carbons (Fsp3) is 0.0200. The minimum Gasteiger partial charge on any atom is -0.461 e. The summed E-state index contributed by atoms with van der Waals surface area (Å²) in [5, 5.41) is 3.19. The maximum atomic E-state index is 6.64. The van der Waals surface area contributed by atoms with Gasteiger partial charge in [0.05, 0.1) is 17.1 Å². The van der Waals surface area contributed by atoms with Gasteiger partial charge in [0.15, 0.2) is 5.82 Å². The fourth-order valence-corrected chi connectivity index (χ4v) is 7.68. The van der Waals surface area contributed by atoms with Crippen LogP contribution in [-0.4, -0.2) is 15.0 Å². The molecule has 0 saturated carbocycles. The Bertz CT molecular complexity index is 3050. The van der Waals surface area contributed by atoms with Gasteiger partial charge in [-0.2, -0.15) is 0 Å². The number of furan rings is 2. The molecule has 5 nitrogen and oxygen atoms in total. The predicted octanol–water partition coefficient (Wildman–Crippen LogP) is 13.5. The molecule has 0 aliphatic heterocycles. The van der Waals surface area contributed by atoms with E-state index in [1.54, 1.807) is 0 Å². The van der Waals surface area contributed by atoms with Crippen molar-refractivity contribution in [2.24, 2.45) is 0 Å². The molecule has 0 atom stereocenters. The van der Waals surface area contributed by atoms with Crippen LogP contribution in [0.4, 0.5) is 0 Å². The van der Waals surface area contributed by atoms with Crippen LogP contribution in [0.3, 0.4) is 0 Å². The third-order valence-electron chi connectivity index (χ3n) is 10.3. The molecule has 0 bridgehead atoms. The van der Waals surface area contributed by atoms with Crippen molar-refractivity contribution in [1.82, 2.24) is 15.0 Å². The number of nitrogens with zero attached hydrogens (tertiary/aromatic N) is 3. The number of hydrogen-bond acceptors (Lipinski definition) is 5. The summed E-state index contributed by atoms with van der Waals surface area (Å²) in [6.45, 7) is 5.96. The van der Waals surface area contributed by atoms with E-state index in [2.05, 4.69) is 109 Å². The van der Waals surface area contributed by atoms with Crippen molar-refractivity contribution in [3.63, 3.8) is 0 Å². The number of rotatable bonds is 7. The van der Waals surface area contributed by atoms with Crippen LogP contribution < -0.4 is 0 Å². The molecule has 0 N–H and O–H groups in total. The van der Waals surface area contributed by atoms with E-state index in [4.69, 9.17) is 18.8 Å². The minimum absolute atomic E-state index is 0.649. The van der Waals surface area contributed by atoms with Crippen LogP contribution in [0, 0.1) is 6.92 Å². The molecule has 6 aromatic carbocycles. The summed E-state index contributed by atoms with van der Waals surface area (Å²) in [6.07, 6.45) is 3.67. The van der Waals surface area contributed by atoms with Gasteiger partial charge in [-0.3, -0.25) is 4.98 Å². The zero-order valence-corrected chi connectivity index (χ0v) is 30.0. The highest BCUT2D eigenvalue weighted by molar-refractivity contribution is 6.16. The molecule has 0 saturated heterocycles. The Hall–Kier alpha value is -7.37. The van der Waals surface area contributed by atoms with Gasteiger partial charge >= 0.3 is 0 Å². The molecule has 0 radical (unpaired) electrons. The molecule has 4 heterocycles. The molecule has 0 aliphatic rings. The monoisotopic (exact) mass is 707 g/mol. The molecule has 0 aliphatic carbocycles. The van der Waals surface area contributed by atoms with E-state index < -0.39 is 0 Å². The van der Waals surface area contributed by atoms with Crippen LogP contribution in [0.25, 0.3) is 106 Å². The molecule has 10 aromatic rings. The van der Waals surface area contributed by atoms with Gasteiger partial charge in [-0.1, -0.05) is 128 Å². The molecule has 5 heteroatoms. The molecule has 55 heavy (non-hydrogen) atoms. The highest BCUT2D eigenvalue weighted by atomic mass is 16.3. The van der Waals surface area contributed by atoms with Crippen molar-refractivity contribution in [2.45, 2.75) is 6.92 Å². The van der Waals surface area contributed by atoms with Gasteiger partial charge in [0.1, 0.15) is 22.5 Å². The van der Waals surface area contributed by atoms with Crippen molar-refractivity contribution in [1.29, 1.82) is 0 Å². The lowest BCUT2D eigenvalue weighted by Gasteiger charge is -2.13. The van der Waals surface area contributed by atoms with Crippen LogP contribution in [0.2, 0.25) is 0 Å². The summed E-state index contributed by atoms with van der Waals surface area (Å²) in [7, 11) is 0. The molecular weight excluding hydrogens is 675 g/mol.